The van der Waals surface area contributed by atoms with Crippen molar-refractivity contribution in [1.82, 2.24) is 9.55 Å². The predicted octanol–water partition coefficient (Wildman–Crippen LogP) is 1.50. The van der Waals surface area contributed by atoms with Gasteiger partial charge in [-0.1, -0.05) is 12.1 Å². The molecule has 84 valence electrons. The molecule has 0 spiro atoms. The number of nitriles is 1. The van der Waals surface area contributed by atoms with E-state index in [-0.39, 0.29) is 5.69 Å². The van der Waals surface area contributed by atoms with Gasteiger partial charge in [0.1, 0.15) is 5.69 Å². The van der Waals surface area contributed by atoms with Crippen molar-refractivity contribution in [3.05, 3.63) is 53.6 Å². The van der Waals surface area contributed by atoms with Crippen LogP contribution in [0.3, 0.4) is 0 Å². The van der Waals surface area contributed by atoms with Gasteiger partial charge in [-0.3, -0.25) is 0 Å². The smallest absolute Gasteiger partial charge is 0.354 e. The van der Waals surface area contributed by atoms with E-state index in [2.05, 4.69) is 4.98 Å². The normalized spacial score (nSPS) is 9.82. The number of benzene rings is 1. The first-order valence-corrected chi connectivity index (χ1v) is 4.93. The summed E-state index contributed by atoms with van der Waals surface area (Å²) in [6.45, 7) is 0.424. The monoisotopic (exact) mass is 227 g/mol. The average molecular weight is 227 g/mol. The van der Waals surface area contributed by atoms with Gasteiger partial charge in [-0.15, -0.1) is 0 Å². The second-order valence-electron chi connectivity index (χ2n) is 3.52. The van der Waals surface area contributed by atoms with Crippen molar-refractivity contribution in [1.29, 1.82) is 5.26 Å². The van der Waals surface area contributed by atoms with Crippen molar-refractivity contribution in [2.75, 3.05) is 0 Å². The van der Waals surface area contributed by atoms with Gasteiger partial charge in [-0.25, -0.2) is 9.78 Å². The van der Waals surface area contributed by atoms with E-state index in [0.717, 1.165) is 5.56 Å². The number of rotatable bonds is 3. The number of hydrogen-bond acceptors (Lipinski definition) is 3. The zero-order valence-electron chi connectivity index (χ0n) is 8.87. The second kappa shape index (κ2) is 4.49. The molecule has 1 aromatic carbocycles. The molecular formula is C12H9N3O2. The summed E-state index contributed by atoms with van der Waals surface area (Å²) in [5.41, 5.74) is 1.65. The molecule has 17 heavy (non-hydrogen) atoms. The predicted molar refractivity (Wildman–Crippen MR) is 59.4 cm³/mol. The first-order chi connectivity index (χ1) is 8.20. The van der Waals surface area contributed by atoms with Crippen molar-refractivity contribution in [3.63, 3.8) is 0 Å². The van der Waals surface area contributed by atoms with Crippen molar-refractivity contribution in [2.24, 2.45) is 0 Å². The summed E-state index contributed by atoms with van der Waals surface area (Å²) in [5, 5.41) is 17.6. The lowest BCUT2D eigenvalue weighted by atomic mass is 10.1. The largest absolute Gasteiger partial charge is 0.477 e. The fourth-order valence-corrected chi connectivity index (χ4v) is 1.51. The van der Waals surface area contributed by atoms with Crippen LogP contribution in [0, 0.1) is 11.3 Å². The molecule has 1 heterocycles. The van der Waals surface area contributed by atoms with Crippen LogP contribution in [0.1, 0.15) is 21.6 Å². The topological polar surface area (TPSA) is 78.9 Å². The summed E-state index contributed by atoms with van der Waals surface area (Å²) in [6.07, 6.45) is 2.79. The van der Waals surface area contributed by atoms with E-state index in [4.69, 9.17) is 10.4 Å². The zero-order chi connectivity index (χ0) is 12.3. The maximum Gasteiger partial charge on any atom is 0.354 e. The van der Waals surface area contributed by atoms with Crippen LogP contribution in [0.15, 0.2) is 36.8 Å². The number of carboxylic acid groups (broad SMARTS) is 1. The highest BCUT2D eigenvalue weighted by Crippen LogP contribution is 2.08. The van der Waals surface area contributed by atoms with Crippen LogP contribution in [0.25, 0.3) is 0 Å². The maximum absolute atomic E-state index is 10.9. The van der Waals surface area contributed by atoms with E-state index in [1.807, 2.05) is 6.07 Å². The third-order valence-electron chi connectivity index (χ3n) is 2.37. The van der Waals surface area contributed by atoms with Gasteiger partial charge >= 0.3 is 5.97 Å². The van der Waals surface area contributed by atoms with E-state index in [1.165, 1.54) is 12.5 Å². The van der Waals surface area contributed by atoms with Crippen LogP contribution < -0.4 is 0 Å². The van der Waals surface area contributed by atoms with Gasteiger partial charge < -0.3 is 9.67 Å². The highest BCUT2D eigenvalue weighted by molar-refractivity contribution is 5.85. The molecule has 0 saturated heterocycles. The number of imidazole rings is 1. The molecular weight excluding hydrogens is 218 g/mol. The van der Waals surface area contributed by atoms with Crippen LogP contribution in [0.2, 0.25) is 0 Å². The maximum atomic E-state index is 10.9. The van der Waals surface area contributed by atoms with Crippen molar-refractivity contribution in [2.45, 2.75) is 6.54 Å². The first kappa shape index (κ1) is 10.9. The van der Waals surface area contributed by atoms with Gasteiger partial charge in [0.25, 0.3) is 0 Å². The molecule has 0 amide bonds. The number of hydrogen-bond donors (Lipinski definition) is 1. The molecule has 0 fully saturated rings. The number of carboxylic acids is 1. The molecule has 2 aromatic rings. The molecule has 0 aliphatic heterocycles. The zero-order valence-corrected chi connectivity index (χ0v) is 8.87. The van der Waals surface area contributed by atoms with Crippen LogP contribution in [-0.2, 0) is 6.54 Å². The molecule has 1 N–H and O–H groups in total. The molecule has 0 atom stereocenters. The summed E-state index contributed by atoms with van der Waals surface area (Å²) >= 11 is 0. The molecule has 0 bridgehead atoms. The first-order valence-electron chi connectivity index (χ1n) is 4.93. The third-order valence-corrected chi connectivity index (χ3v) is 2.37. The van der Waals surface area contributed by atoms with Crippen LogP contribution in [-0.4, -0.2) is 20.6 Å². The quantitative estimate of drug-likeness (QED) is 0.861. The Morgan fingerprint density at radius 3 is 2.71 bits per heavy atom. The minimum absolute atomic E-state index is 0.148. The molecule has 5 heteroatoms. The summed E-state index contributed by atoms with van der Waals surface area (Å²) in [7, 11) is 0. The van der Waals surface area contributed by atoms with Gasteiger partial charge in [0.2, 0.25) is 0 Å². The minimum atomic E-state index is -1.00. The van der Waals surface area contributed by atoms with Crippen LogP contribution >= 0.6 is 0 Å². The Bertz CT molecular complexity index is 579. The van der Waals surface area contributed by atoms with E-state index in [9.17, 15) is 4.79 Å². The Morgan fingerprint density at radius 1 is 1.41 bits per heavy atom. The molecule has 0 aliphatic carbocycles. The van der Waals surface area contributed by atoms with E-state index >= 15 is 0 Å². The lowest BCUT2D eigenvalue weighted by Crippen LogP contribution is -2.08. The molecule has 0 radical (unpaired) electrons. The number of aromatic carboxylic acids is 1. The standard InChI is InChI=1S/C12H9N3O2/c13-5-9-1-3-10(4-2-9)7-15-8-14-6-11(15)12(16)17/h1-4,6,8H,7H2,(H,16,17). The molecule has 0 unspecified atom stereocenters. The minimum Gasteiger partial charge on any atom is -0.477 e. The average Bonchev–Trinajstić information content (AvgIpc) is 2.78. The second-order valence-corrected chi connectivity index (χ2v) is 3.52. The Labute approximate surface area is 97.6 Å². The molecule has 1 aromatic heterocycles. The van der Waals surface area contributed by atoms with Gasteiger partial charge in [0, 0.05) is 6.54 Å². The van der Waals surface area contributed by atoms with E-state index in [0.29, 0.717) is 12.1 Å². The van der Waals surface area contributed by atoms with Crippen molar-refractivity contribution >= 4 is 5.97 Å². The van der Waals surface area contributed by atoms with Gasteiger partial charge in [0.15, 0.2) is 0 Å². The highest BCUT2D eigenvalue weighted by atomic mass is 16.4. The SMILES string of the molecule is N#Cc1ccc(Cn2cncc2C(=O)O)cc1. The Hall–Kier alpha value is -2.61. The van der Waals surface area contributed by atoms with Crippen molar-refractivity contribution < 1.29 is 9.90 Å². The lowest BCUT2D eigenvalue weighted by molar-refractivity contribution is 0.0685. The van der Waals surface area contributed by atoms with Crippen molar-refractivity contribution in [3.8, 4) is 6.07 Å². The lowest BCUT2D eigenvalue weighted by Gasteiger charge is -2.05. The molecule has 0 aliphatic rings. The number of carbonyl (C=O) groups is 1. The highest BCUT2D eigenvalue weighted by Gasteiger charge is 2.09. The van der Waals surface area contributed by atoms with Crippen LogP contribution in [0.4, 0.5) is 0 Å². The molecule has 5 nitrogen and oxygen atoms in total. The van der Waals surface area contributed by atoms with Crippen LogP contribution in [0.5, 0.6) is 0 Å². The van der Waals surface area contributed by atoms with E-state index in [1.54, 1.807) is 28.8 Å². The summed E-state index contributed by atoms with van der Waals surface area (Å²) in [4.78, 5) is 14.7. The fourth-order valence-electron chi connectivity index (χ4n) is 1.51. The Morgan fingerprint density at radius 2 is 2.12 bits per heavy atom. The van der Waals surface area contributed by atoms with Gasteiger partial charge in [-0.05, 0) is 17.7 Å². The Balaban J connectivity index is 2.23. The summed E-state index contributed by atoms with van der Waals surface area (Å²) in [6, 6.07) is 9.02. The summed E-state index contributed by atoms with van der Waals surface area (Å²) in [5.74, 6) is -1.00. The third kappa shape index (κ3) is 2.32. The number of aromatic nitrogens is 2. The van der Waals surface area contributed by atoms with E-state index < -0.39 is 5.97 Å². The molecule has 2 rings (SSSR count). The molecule has 0 saturated carbocycles. The fraction of sp³-hybridized carbons (Fsp3) is 0.0833. The number of nitrogens with zero attached hydrogens (tertiary/aromatic N) is 3. The van der Waals surface area contributed by atoms with Gasteiger partial charge in [0.05, 0.1) is 24.2 Å². The van der Waals surface area contributed by atoms with Gasteiger partial charge in [-0.2, -0.15) is 5.26 Å². The summed E-state index contributed by atoms with van der Waals surface area (Å²) < 4.78 is 1.55. The Kier molecular flexibility index (Phi) is 2.88.